The number of carbonyl (C=O) groups is 1. The number of carbonyl (C=O) groups excluding carboxylic acids is 1. The van der Waals surface area contributed by atoms with Crippen molar-refractivity contribution in [1.29, 1.82) is 0 Å². The van der Waals surface area contributed by atoms with Crippen LogP contribution in [-0.4, -0.2) is 25.3 Å². The van der Waals surface area contributed by atoms with Gasteiger partial charge in [-0.05, 0) is 37.5 Å². The number of nitrogens with two attached hydrogens (primary N) is 1. The maximum Gasteiger partial charge on any atom is 0.242 e. The number of anilines is 2. The van der Waals surface area contributed by atoms with Gasteiger partial charge in [-0.3, -0.25) is 4.79 Å². The van der Waals surface area contributed by atoms with Gasteiger partial charge < -0.3 is 11.1 Å². The second kappa shape index (κ2) is 6.74. The SMILES string of the molecule is CC(C)CCS(=O)(=O)C(C)C(=O)Nc1cccc(N)c1. The summed E-state index contributed by atoms with van der Waals surface area (Å²) in [4.78, 5) is 12.0. The van der Waals surface area contributed by atoms with E-state index in [4.69, 9.17) is 5.73 Å². The fraction of sp³-hybridized carbons (Fsp3) is 0.500. The van der Waals surface area contributed by atoms with Crippen LogP contribution in [0.15, 0.2) is 24.3 Å². The molecule has 1 aromatic rings. The Balaban J connectivity index is 2.71. The third kappa shape index (κ3) is 4.85. The Morgan fingerprint density at radius 2 is 1.95 bits per heavy atom. The summed E-state index contributed by atoms with van der Waals surface area (Å²) in [5.41, 5.74) is 6.62. The summed E-state index contributed by atoms with van der Waals surface area (Å²) in [6.07, 6.45) is 0.554. The largest absolute Gasteiger partial charge is 0.399 e. The van der Waals surface area contributed by atoms with E-state index in [9.17, 15) is 13.2 Å². The lowest BCUT2D eigenvalue weighted by molar-refractivity contribution is -0.115. The molecule has 112 valence electrons. The quantitative estimate of drug-likeness (QED) is 0.787. The highest BCUT2D eigenvalue weighted by Gasteiger charge is 2.27. The van der Waals surface area contributed by atoms with Gasteiger partial charge in [-0.1, -0.05) is 19.9 Å². The number of nitrogen functional groups attached to an aromatic ring is 1. The molecule has 1 atom stereocenters. The van der Waals surface area contributed by atoms with E-state index in [2.05, 4.69) is 5.32 Å². The van der Waals surface area contributed by atoms with E-state index in [0.29, 0.717) is 17.8 Å². The van der Waals surface area contributed by atoms with Gasteiger partial charge in [0.05, 0.1) is 5.75 Å². The molecule has 3 N–H and O–H groups in total. The molecule has 0 heterocycles. The smallest absolute Gasteiger partial charge is 0.242 e. The average molecular weight is 298 g/mol. The number of hydrogen-bond donors (Lipinski definition) is 2. The highest BCUT2D eigenvalue weighted by atomic mass is 32.2. The molecule has 1 aromatic carbocycles. The van der Waals surface area contributed by atoms with Gasteiger partial charge in [0.15, 0.2) is 9.84 Å². The first-order valence-corrected chi connectivity index (χ1v) is 8.32. The van der Waals surface area contributed by atoms with Crippen LogP contribution >= 0.6 is 0 Å². The summed E-state index contributed by atoms with van der Waals surface area (Å²) in [7, 11) is -3.43. The zero-order valence-electron chi connectivity index (χ0n) is 12.1. The molecule has 0 aliphatic heterocycles. The summed E-state index contributed by atoms with van der Waals surface area (Å²) >= 11 is 0. The monoisotopic (exact) mass is 298 g/mol. The van der Waals surface area contributed by atoms with Crippen molar-refractivity contribution >= 4 is 27.1 Å². The Morgan fingerprint density at radius 3 is 2.50 bits per heavy atom. The molecule has 0 saturated carbocycles. The Hall–Kier alpha value is -1.56. The molecular weight excluding hydrogens is 276 g/mol. The Morgan fingerprint density at radius 1 is 1.30 bits per heavy atom. The molecule has 1 rings (SSSR count). The van der Waals surface area contributed by atoms with Gasteiger partial charge in [-0.2, -0.15) is 0 Å². The predicted octanol–water partition coefficient (Wildman–Crippen LogP) is 2.06. The third-order valence-corrected chi connectivity index (χ3v) is 5.14. The highest BCUT2D eigenvalue weighted by molar-refractivity contribution is 7.92. The minimum Gasteiger partial charge on any atom is -0.399 e. The van der Waals surface area contributed by atoms with E-state index >= 15 is 0 Å². The number of nitrogens with one attached hydrogen (secondary N) is 1. The van der Waals surface area contributed by atoms with Crippen molar-refractivity contribution in [3.63, 3.8) is 0 Å². The molecule has 1 unspecified atom stereocenters. The van der Waals surface area contributed by atoms with E-state index in [1.54, 1.807) is 24.3 Å². The topological polar surface area (TPSA) is 89.3 Å². The summed E-state index contributed by atoms with van der Waals surface area (Å²) in [6.45, 7) is 5.32. The molecule has 0 bridgehead atoms. The molecule has 0 aliphatic rings. The molecule has 0 aliphatic carbocycles. The first-order valence-electron chi connectivity index (χ1n) is 6.60. The Bertz CT molecular complexity index is 568. The van der Waals surface area contributed by atoms with Crippen molar-refractivity contribution in [2.24, 2.45) is 5.92 Å². The third-order valence-electron chi connectivity index (χ3n) is 3.04. The van der Waals surface area contributed by atoms with Crippen molar-refractivity contribution in [2.75, 3.05) is 16.8 Å². The van der Waals surface area contributed by atoms with E-state index < -0.39 is 21.0 Å². The van der Waals surface area contributed by atoms with Gasteiger partial charge in [-0.25, -0.2) is 8.42 Å². The van der Waals surface area contributed by atoms with E-state index in [1.807, 2.05) is 13.8 Å². The highest BCUT2D eigenvalue weighted by Crippen LogP contribution is 2.14. The van der Waals surface area contributed by atoms with Gasteiger partial charge in [-0.15, -0.1) is 0 Å². The lowest BCUT2D eigenvalue weighted by Gasteiger charge is -2.14. The average Bonchev–Trinajstić information content (AvgIpc) is 2.35. The summed E-state index contributed by atoms with van der Waals surface area (Å²) in [5, 5.41) is 1.51. The van der Waals surface area contributed by atoms with Crippen LogP contribution in [0.4, 0.5) is 11.4 Å². The van der Waals surface area contributed by atoms with Gasteiger partial charge >= 0.3 is 0 Å². The maximum atomic E-state index is 12.0. The summed E-state index contributed by atoms with van der Waals surface area (Å²) in [6, 6.07) is 6.65. The lowest BCUT2D eigenvalue weighted by Crippen LogP contribution is -2.34. The van der Waals surface area contributed by atoms with Gasteiger partial charge in [0, 0.05) is 11.4 Å². The summed E-state index contributed by atoms with van der Waals surface area (Å²) < 4.78 is 24.1. The second-order valence-electron chi connectivity index (χ2n) is 5.31. The second-order valence-corrected chi connectivity index (χ2v) is 7.75. The van der Waals surface area contributed by atoms with Crippen LogP contribution in [0.5, 0.6) is 0 Å². The standard InChI is InChI=1S/C14H22N2O3S/c1-10(2)7-8-20(18,19)11(3)14(17)16-13-6-4-5-12(15)9-13/h4-6,9-11H,7-8,15H2,1-3H3,(H,16,17). The van der Waals surface area contributed by atoms with Gasteiger partial charge in [0.25, 0.3) is 0 Å². The van der Waals surface area contributed by atoms with E-state index in [1.165, 1.54) is 6.92 Å². The lowest BCUT2D eigenvalue weighted by atomic mass is 10.2. The van der Waals surface area contributed by atoms with Crippen molar-refractivity contribution in [3.8, 4) is 0 Å². The molecule has 6 heteroatoms. The van der Waals surface area contributed by atoms with Crippen LogP contribution in [-0.2, 0) is 14.6 Å². The van der Waals surface area contributed by atoms with Gasteiger partial charge in [0.2, 0.25) is 5.91 Å². The normalized spacial score (nSPS) is 13.2. The fourth-order valence-corrected chi connectivity index (χ4v) is 3.14. The van der Waals surface area contributed by atoms with E-state index in [-0.39, 0.29) is 11.7 Å². The molecule has 1 amide bonds. The number of benzene rings is 1. The number of amides is 1. The van der Waals surface area contributed by atoms with Crippen LogP contribution < -0.4 is 11.1 Å². The van der Waals surface area contributed by atoms with Crippen LogP contribution in [0.3, 0.4) is 0 Å². The van der Waals surface area contributed by atoms with Crippen molar-refractivity contribution in [3.05, 3.63) is 24.3 Å². The Labute approximate surface area is 120 Å². The van der Waals surface area contributed by atoms with Crippen molar-refractivity contribution < 1.29 is 13.2 Å². The number of rotatable bonds is 6. The molecule has 0 fully saturated rings. The maximum absolute atomic E-state index is 12.0. The Kier molecular flexibility index (Phi) is 5.56. The van der Waals surface area contributed by atoms with Crippen molar-refractivity contribution in [2.45, 2.75) is 32.4 Å². The minimum absolute atomic E-state index is 0.0240. The molecular formula is C14H22N2O3S. The van der Waals surface area contributed by atoms with Crippen molar-refractivity contribution in [1.82, 2.24) is 0 Å². The summed E-state index contributed by atoms with van der Waals surface area (Å²) in [5.74, 6) is -0.218. The molecule has 0 saturated heterocycles. The van der Waals surface area contributed by atoms with Crippen LogP contribution in [0, 0.1) is 5.92 Å². The van der Waals surface area contributed by atoms with E-state index in [0.717, 1.165) is 0 Å². The van der Waals surface area contributed by atoms with Gasteiger partial charge in [0.1, 0.15) is 5.25 Å². The molecule has 20 heavy (non-hydrogen) atoms. The molecule has 0 aromatic heterocycles. The number of hydrogen-bond acceptors (Lipinski definition) is 4. The van der Waals surface area contributed by atoms with Crippen LogP contribution in [0.2, 0.25) is 0 Å². The molecule has 0 spiro atoms. The predicted molar refractivity (Wildman–Crippen MR) is 82.2 cm³/mol. The molecule has 0 radical (unpaired) electrons. The zero-order valence-corrected chi connectivity index (χ0v) is 12.9. The first kappa shape index (κ1) is 16.5. The zero-order chi connectivity index (χ0) is 15.3. The van der Waals surface area contributed by atoms with Crippen LogP contribution in [0.1, 0.15) is 27.2 Å². The number of sulfone groups is 1. The molecule has 5 nitrogen and oxygen atoms in total. The van der Waals surface area contributed by atoms with Crippen LogP contribution in [0.25, 0.3) is 0 Å². The first-order chi connectivity index (χ1) is 9.22. The fourth-order valence-electron chi connectivity index (χ4n) is 1.60. The minimum atomic E-state index is -3.43.